The molecule has 0 atom stereocenters. The number of ether oxygens (including phenoxy) is 1. The lowest BCUT2D eigenvalue weighted by Crippen LogP contribution is -2.18. The molecule has 144 valence electrons. The van der Waals surface area contributed by atoms with E-state index in [2.05, 4.69) is 10.3 Å². The van der Waals surface area contributed by atoms with Crippen molar-refractivity contribution in [1.29, 1.82) is 0 Å². The molecule has 0 radical (unpaired) electrons. The first-order valence-electron chi connectivity index (χ1n) is 8.78. The Morgan fingerprint density at radius 3 is 2.71 bits per heavy atom. The van der Waals surface area contributed by atoms with Crippen LogP contribution in [0.1, 0.15) is 12.5 Å². The summed E-state index contributed by atoms with van der Waals surface area (Å²) in [5, 5.41) is 2.77. The summed E-state index contributed by atoms with van der Waals surface area (Å²) >= 11 is 1.40. The average molecular weight is 395 g/mol. The lowest BCUT2D eigenvalue weighted by atomic mass is 10.2. The molecule has 0 spiro atoms. The summed E-state index contributed by atoms with van der Waals surface area (Å²) in [6.07, 6.45) is 3.21. The number of aromatic nitrogens is 1. The monoisotopic (exact) mass is 395 g/mol. The fourth-order valence-electron chi connectivity index (χ4n) is 2.70. The predicted octanol–water partition coefficient (Wildman–Crippen LogP) is 3.45. The van der Waals surface area contributed by atoms with Crippen LogP contribution in [0.4, 0.5) is 5.69 Å². The number of nitrogens with one attached hydrogen (secondary N) is 1. The van der Waals surface area contributed by atoms with Gasteiger partial charge in [-0.25, -0.2) is 0 Å². The Bertz CT molecular complexity index is 1080. The molecular weight excluding hydrogens is 374 g/mol. The van der Waals surface area contributed by atoms with Gasteiger partial charge >= 0.3 is 0 Å². The van der Waals surface area contributed by atoms with Gasteiger partial charge < -0.3 is 14.6 Å². The molecular formula is C21H21N3O3S. The molecule has 6 nitrogen and oxygen atoms in total. The summed E-state index contributed by atoms with van der Waals surface area (Å²) in [4.78, 5) is 28.5. The molecule has 0 saturated heterocycles. The number of nitrogens with zero attached hydrogens (tertiary/aromatic N) is 2. The number of hydrogen-bond acceptors (Lipinski definition) is 4. The smallest absolute Gasteiger partial charge is 0.272 e. The van der Waals surface area contributed by atoms with Crippen molar-refractivity contribution in [1.82, 2.24) is 4.57 Å². The SMILES string of the molecule is COCCn1c(=NC(=O)/C=C/c2ccccc2)sc2cc(NC(C)=O)ccc21. The first kappa shape index (κ1) is 19.7. The quantitative estimate of drug-likeness (QED) is 0.650. The van der Waals surface area contributed by atoms with E-state index < -0.39 is 0 Å². The molecule has 0 aliphatic carbocycles. The fourth-order valence-corrected chi connectivity index (χ4v) is 3.80. The van der Waals surface area contributed by atoms with Gasteiger partial charge in [0.15, 0.2) is 4.80 Å². The van der Waals surface area contributed by atoms with Crippen LogP contribution in [0.5, 0.6) is 0 Å². The van der Waals surface area contributed by atoms with E-state index in [9.17, 15) is 9.59 Å². The second-order valence-corrected chi connectivity index (χ2v) is 7.10. The fraction of sp³-hybridized carbons (Fsp3) is 0.190. The van der Waals surface area contributed by atoms with Crippen LogP contribution in [0, 0.1) is 0 Å². The Morgan fingerprint density at radius 1 is 1.21 bits per heavy atom. The van der Waals surface area contributed by atoms with Crippen molar-refractivity contribution in [3.63, 3.8) is 0 Å². The number of carbonyl (C=O) groups excluding carboxylic acids is 2. The molecule has 0 fully saturated rings. The number of fused-ring (bicyclic) bond motifs is 1. The van der Waals surface area contributed by atoms with Gasteiger partial charge in [0, 0.05) is 32.3 Å². The van der Waals surface area contributed by atoms with Crippen molar-refractivity contribution in [3.05, 3.63) is 65.0 Å². The number of anilines is 1. The molecule has 28 heavy (non-hydrogen) atoms. The minimum absolute atomic E-state index is 0.130. The zero-order valence-electron chi connectivity index (χ0n) is 15.7. The van der Waals surface area contributed by atoms with Crippen LogP contribution in [0.3, 0.4) is 0 Å². The largest absolute Gasteiger partial charge is 0.383 e. The molecule has 3 aromatic rings. The molecule has 3 rings (SSSR count). The van der Waals surface area contributed by atoms with Crippen molar-refractivity contribution in [2.75, 3.05) is 19.0 Å². The third-order valence-corrected chi connectivity index (χ3v) is 4.99. The number of methoxy groups -OCH3 is 1. The van der Waals surface area contributed by atoms with Gasteiger partial charge in [0.25, 0.3) is 5.91 Å². The molecule has 0 saturated carbocycles. The molecule has 2 aromatic carbocycles. The van der Waals surface area contributed by atoms with Crippen molar-refractivity contribution >= 4 is 45.1 Å². The third-order valence-electron chi connectivity index (χ3n) is 3.95. The second kappa shape index (κ2) is 9.25. The molecule has 2 amide bonds. The topological polar surface area (TPSA) is 72.7 Å². The number of amides is 2. The standard InChI is InChI=1S/C21H21N3O3S/c1-15(25)22-17-9-10-18-19(14-17)28-21(24(18)12-13-27-2)23-20(26)11-8-16-6-4-3-5-7-16/h3-11,14H,12-13H2,1-2H3,(H,22,25)/b11-8+,23-21?. The predicted molar refractivity (Wildman–Crippen MR) is 112 cm³/mol. The maximum atomic E-state index is 12.4. The third kappa shape index (κ3) is 5.03. The number of hydrogen-bond donors (Lipinski definition) is 1. The van der Waals surface area contributed by atoms with Crippen LogP contribution in [0.2, 0.25) is 0 Å². The van der Waals surface area contributed by atoms with Crippen LogP contribution in [-0.2, 0) is 20.9 Å². The van der Waals surface area contributed by atoms with Gasteiger partial charge in [-0.2, -0.15) is 4.99 Å². The zero-order valence-corrected chi connectivity index (χ0v) is 16.5. The molecule has 7 heteroatoms. The van der Waals surface area contributed by atoms with E-state index in [-0.39, 0.29) is 11.8 Å². The lowest BCUT2D eigenvalue weighted by molar-refractivity contribution is -0.114. The summed E-state index contributed by atoms with van der Waals surface area (Å²) in [5.74, 6) is -0.460. The first-order valence-corrected chi connectivity index (χ1v) is 9.60. The molecule has 0 bridgehead atoms. The summed E-state index contributed by atoms with van der Waals surface area (Å²) in [6.45, 7) is 2.54. The Balaban J connectivity index is 1.97. The summed E-state index contributed by atoms with van der Waals surface area (Å²) in [7, 11) is 1.63. The zero-order chi connectivity index (χ0) is 19.9. The first-order chi connectivity index (χ1) is 13.6. The van der Waals surface area contributed by atoms with E-state index in [4.69, 9.17) is 4.74 Å². The molecule has 1 aromatic heterocycles. The average Bonchev–Trinajstić information content (AvgIpc) is 3.01. The number of rotatable bonds is 6. The van der Waals surface area contributed by atoms with Gasteiger partial charge in [-0.3, -0.25) is 9.59 Å². The number of carbonyl (C=O) groups is 2. The van der Waals surface area contributed by atoms with Gasteiger partial charge in [0.2, 0.25) is 5.91 Å². The Labute approximate surface area is 166 Å². The summed E-state index contributed by atoms with van der Waals surface area (Å²) < 4.78 is 8.08. The molecule has 0 aliphatic rings. The van der Waals surface area contributed by atoms with E-state index in [1.165, 1.54) is 24.3 Å². The Morgan fingerprint density at radius 2 is 2.00 bits per heavy atom. The van der Waals surface area contributed by atoms with Crippen LogP contribution < -0.4 is 10.1 Å². The van der Waals surface area contributed by atoms with E-state index in [1.54, 1.807) is 13.2 Å². The van der Waals surface area contributed by atoms with E-state index in [1.807, 2.05) is 53.1 Å². The highest BCUT2D eigenvalue weighted by atomic mass is 32.1. The van der Waals surface area contributed by atoms with Crippen molar-refractivity contribution in [2.45, 2.75) is 13.5 Å². The van der Waals surface area contributed by atoms with Crippen molar-refractivity contribution in [2.24, 2.45) is 4.99 Å². The van der Waals surface area contributed by atoms with Gasteiger partial charge in [0.05, 0.1) is 16.8 Å². The second-order valence-electron chi connectivity index (χ2n) is 6.09. The molecule has 0 unspecified atom stereocenters. The normalized spacial score (nSPS) is 12.0. The van der Waals surface area contributed by atoms with Gasteiger partial charge in [-0.05, 0) is 29.8 Å². The maximum Gasteiger partial charge on any atom is 0.272 e. The van der Waals surface area contributed by atoms with E-state index in [0.717, 1.165) is 15.8 Å². The highest BCUT2D eigenvalue weighted by Gasteiger charge is 2.09. The molecule has 0 aliphatic heterocycles. The highest BCUT2D eigenvalue weighted by Crippen LogP contribution is 2.22. The van der Waals surface area contributed by atoms with Crippen LogP contribution >= 0.6 is 11.3 Å². The van der Waals surface area contributed by atoms with Crippen LogP contribution in [0.15, 0.2) is 59.6 Å². The lowest BCUT2D eigenvalue weighted by Gasteiger charge is -2.05. The number of thiazole rings is 1. The Kier molecular flexibility index (Phi) is 6.52. The van der Waals surface area contributed by atoms with Crippen LogP contribution in [-0.4, -0.2) is 30.1 Å². The van der Waals surface area contributed by atoms with Gasteiger partial charge in [-0.1, -0.05) is 41.7 Å². The van der Waals surface area contributed by atoms with Gasteiger partial charge in [-0.15, -0.1) is 0 Å². The summed E-state index contributed by atoms with van der Waals surface area (Å²) in [6, 6.07) is 15.2. The Hall–Kier alpha value is -3.03. The van der Waals surface area contributed by atoms with E-state index >= 15 is 0 Å². The van der Waals surface area contributed by atoms with Gasteiger partial charge in [0.1, 0.15) is 0 Å². The molecule has 1 N–H and O–H groups in total. The highest BCUT2D eigenvalue weighted by molar-refractivity contribution is 7.16. The molecule has 1 heterocycles. The maximum absolute atomic E-state index is 12.4. The van der Waals surface area contributed by atoms with Crippen molar-refractivity contribution in [3.8, 4) is 0 Å². The minimum Gasteiger partial charge on any atom is -0.383 e. The summed E-state index contributed by atoms with van der Waals surface area (Å²) in [5.41, 5.74) is 2.59. The number of benzene rings is 2. The van der Waals surface area contributed by atoms with E-state index in [0.29, 0.717) is 23.6 Å². The van der Waals surface area contributed by atoms with Crippen LogP contribution in [0.25, 0.3) is 16.3 Å². The van der Waals surface area contributed by atoms with Crippen molar-refractivity contribution < 1.29 is 14.3 Å². The minimum atomic E-state index is -0.330.